The average molecular weight is 432 g/mol. The number of amides is 1. The van der Waals surface area contributed by atoms with E-state index >= 15 is 0 Å². The van der Waals surface area contributed by atoms with Crippen LogP contribution < -0.4 is 14.8 Å². The highest BCUT2D eigenvalue weighted by Crippen LogP contribution is 2.30. The topological polar surface area (TPSA) is 84.5 Å². The molecule has 3 rings (SSSR count). The lowest BCUT2D eigenvalue weighted by atomic mass is 10.2. The highest BCUT2D eigenvalue weighted by molar-refractivity contribution is 7.92. The minimum Gasteiger partial charge on any atom is -0.492 e. The largest absolute Gasteiger partial charge is 0.492 e. The van der Waals surface area contributed by atoms with Gasteiger partial charge in [0.15, 0.2) is 0 Å². The van der Waals surface area contributed by atoms with Crippen molar-refractivity contribution in [3.05, 3.63) is 83.9 Å². The molecule has 156 valence electrons. The number of carbonyl (C=O) groups excluding carboxylic acids is 1. The van der Waals surface area contributed by atoms with Gasteiger partial charge in [-0.2, -0.15) is 0 Å². The van der Waals surface area contributed by atoms with E-state index in [0.29, 0.717) is 5.56 Å². The standard InChI is InChI=1S/C21H18F2N2O4S/c1-2-29-19-12-11-15(13-18(19)24-21(26)14-7-4-3-5-8-14)30(27,28)25-20-16(22)9-6-10-17(20)23/h3-13,25H,2H2,1H3,(H,24,26). The van der Waals surface area contributed by atoms with Crippen LogP contribution in [-0.2, 0) is 10.0 Å². The quantitative estimate of drug-likeness (QED) is 0.579. The van der Waals surface area contributed by atoms with Gasteiger partial charge in [0, 0.05) is 5.56 Å². The first kappa shape index (κ1) is 21.3. The second-order valence-corrected chi connectivity index (χ2v) is 7.80. The molecular formula is C21H18F2N2O4S. The molecule has 0 aromatic heterocycles. The molecule has 2 N–H and O–H groups in total. The number of anilines is 2. The molecule has 0 heterocycles. The molecule has 0 unspecified atom stereocenters. The predicted molar refractivity (Wildman–Crippen MR) is 109 cm³/mol. The third kappa shape index (κ3) is 4.74. The third-order valence-corrected chi connectivity index (χ3v) is 5.39. The van der Waals surface area contributed by atoms with E-state index < -0.39 is 33.3 Å². The van der Waals surface area contributed by atoms with E-state index in [1.165, 1.54) is 12.1 Å². The summed E-state index contributed by atoms with van der Waals surface area (Å²) in [7, 11) is -4.35. The maximum atomic E-state index is 13.9. The van der Waals surface area contributed by atoms with Crippen molar-refractivity contribution in [3.8, 4) is 5.75 Å². The molecule has 0 aliphatic rings. The summed E-state index contributed by atoms with van der Waals surface area (Å²) in [5.74, 6) is -2.33. The van der Waals surface area contributed by atoms with E-state index in [1.54, 1.807) is 37.3 Å². The van der Waals surface area contributed by atoms with Crippen LogP contribution in [0.4, 0.5) is 20.2 Å². The highest BCUT2D eigenvalue weighted by atomic mass is 32.2. The maximum Gasteiger partial charge on any atom is 0.262 e. The fourth-order valence-electron chi connectivity index (χ4n) is 2.63. The number of nitrogens with one attached hydrogen (secondary N) is 2. The second kappa shape index (κ2) is 8.91. The Bertz CT molecular complexity index is 1150. The molecule has 0 fully saturated rings. The summed E-state index contributed by atoms with van der Waals surface area (Å²) in [6, 6.07) is 15.0. The van der Waals surface area contributed by atoms with Gasteiger partial charge in [-0.3, -0.25) is 9.52 Å². The second-order valence-electron chi connectivity index (χ2n) is 6.11. The summed E-state index contributed by atoms with van der Waals surface area (Å²) in [5, 5.41) is 2.61. The number of para-hydroxylation sites is 1. The van der Waals surface area contributed by atoms with E-state index in [2.05, 4.69) is 5.32 Å². The van der Waals surface area contributed by atoms with Crippen LogP contribution in [0, 0.1) is 11.6 Å². The van der Waals surface area contributed by atoms with Gasteiger partial charge in [0.2, 0.25) is 0 Å². The van der Waals surface area contributed by atoms with E-state index in [9.17, 15) is 22.0 Å². The molecule has 0 aliphatic carbocycles. The first-order chi connectivity index (χ1) is 14.3. The summed E-state index contributed by atoms with van der Waals surface area (Å²) < 4.78 is 60.4. The highest BCUT2D eigenvalue weighted by Gasteiger charge is 2.21. The summed E-state index contributed by atoms with van der Waals surface area (Å²) in [6.45, 7) is 2.01. The number of carbonyl (C=O) groups is 1. The van der Waals surface area contributed by atoms with E-state index in [-0.39, 0.29) is 22.9 Å². The summed E-state index contributed by atoms with van der Waals surface area (Å²) in [6.07, 6.45) is 0. The van der Waals surface area contributed by atoms with Gasteiger partial charge >= 0.3 is 0 Å². The maximum absolute atomic E-state index is 13.9. The third-order valence-electron chi connectivity index (χ3n) is 4.04. The van der Waals surface area contributed by atoms with Gasteiger partial charge in [-0.15, -0.1) is 0 Å². The molecule has 3 aromatic rings. The molecule has 0 saturated heterocycles. The molecule has 6 nitrogen and oxygen atoms in total. The molecule has 0 bridgehead atoms. The lowest BCUT2D eigenvalue weighted by Crippen LogP contribution is -2.17. The van der Waals surface area contributed by atoms with Crippen molar-refractivity contribution in [2.45, 2.75) is 11.8 Å². The fraction of sp³-hybridized carbons (Fsp3) is 0.0952. The molecule has 3 aromatic carbocycles. The normalized spacial score (nSPS) is 11.0. The Morgan fingerprint density at radius 2 is 1.63 bits per heavy atom. The first-order valence-electron chi connectivity index (χ1n) is 8.92. The minimum absolute atomic E-state index is 0.0996. The Labute approximate surface area is 172 Å². The van der Waals surface area contributed by atoms with Gasteiger partial charge < -0.3 is 10.1 Å². The predicted octanol–water partition coefficient (Wildman–Crippen LogP) is 4.42. The van der Waals surface area contributed by atoms with Gasteiger partial charge in [0.25, 0.3) is 15.9 Å². The van der Waals surface area contributed by atoms with Crippen LogP contribution in [0.3, 0.4) is 0 Å². The van der Waals surface area contributed by atoms with Crippen LogP contribution in [-0.4, -0.2) is 20.9 Å². The molecule has 0 aliphatic heterocycles. The molecular weight excluding hydrogens is 414 g/mol. The number of halogens is 2. The summed E-state index contributed by atoms with van der Waals surface area (Å²) >= 11 is 0. The van der Waals surface area contributed by atoms with E-state index in [4.69, 9.17) is 4.74 Å². The van der Waals surface area contributed by atoms with Crippen molar-refractivity contribution in [1.29, 1.82) is 0 Å². The molecule has 0 atom stereocenters. The van der Waals surface area contributed by atoms with Gasteiger partial charge in [-0.25, -0.2) is 17.2 Å². The van der Waals surface area contributed by atoms with Crippen LogP contribution in [0.25, 0.3) is 0 Å². The van der Waals surface area contributed by atoms with Gasteiger partial charge in [-0.05, 0) is 49.4 Å². The molecule has 9 heteroatoms. The fourth-order valence-corrected chi connectivity index (χ4v) is 3.73. The van der Waals surface area contributed by atoms with Crippen LogP contribution >= 0.6 is 0 Å². The number of hydrogen-bond donors (Lipinski definition) is 2. The number of hydrogen-bond acceptors (Lipinski definition) is 4. The Hall–Kier alpha value is -3.46. The minimum atomic E-state index is -4.35. The van der Waals surface area contributed by atoms with Crippen LogP contribution in [0.2, 0.25) is 0 Å². The number of benzene rings is 3. The Morgan fingerprint density at radius 1 is 0.967 bits per heavy atom. The van der Waals surface area contributed by atoms with Crippen LogP contribution in [0.5, 0.6) is 5.75 Å². The zero-order valence-electron chi connectivity index (χ0n) is 15.9. The Balaban J connectivity index is 1.95. The zero-order valence-corrected chi connectivity index (χ0v) is 16.7. The smallest absolute Gasteiger partial charge is 0.262 e. The number of sulfonamides is 1. The number of rotatable bonds is 7. The molecule has 1 amide bonds. The van der Waals surface area contributed by atoms with Crippen molar-refractivity contribution in [2.75, 3.05) is 16.6 Å². The Morgan fingerprint density at radius 3 is 2.27 bits per heavy atom. The van der Waals surface area contributed by atoms with Gasteiger partial charge in [-0.1, -0.05) is 24.3 Å². The lowest BCUT2D eigenvalue weighted by Gasteiger charge is -2.15. The zero-order chi connectivity index (χ0) is 21.7. The van der Waals surface area contributed by atoms with Crippen molar-refractivity contribution >= 4 is 27.3 Å². The number of ether oxygens (including phenoxy) is 1. The monoisotopic (exact) mass is 432 g/mol. The van der Waals surface area contributed by atoms with Crippen LogP contribution in [0.15, 0.2) is 71.6 Å². The summed E-state index contributed by atoms with van der Waals surface area (Å²) in [4.78, 5) is 12.2. The molecule has 0 radical (unpaired) electrons. The van der Waals surface area contributed by atoms with Crippen LogP contribution in [0.1, 0.15) is 17.3 Å². The lowest BCUT2D eigenvalue weighted by molar-refractivity contribution is 0.102. The molecule has 0 saturated carbocycles. The van der Waals surface area contributed by atoms with Crippen molar-refractivity contribution in [2.24, 2.45) is 0 Å². The summed E-state index contributed by atoms with van der Waals surface area (Å²) in [5.41, 5.74) is -0.330. The van der Waals surface area contributed by atoms with Gasteiger partial charge in [0.1, 0.15) is 23.1 Å². The van der Waals surface area contributed by atoms with Crippen molar-refractivity contribution < 1.29 is 26.7 Å². The van der Waals surface area contributed by atoms with Gasteiger partial charge in [0.05, 0.1) is 17.2 Å². The van der Waals surface area contributed by atoms with E-state index in [0.717, 1.165) is 24.3 Å². The molecule has 30 heavy (non-hydrogen) atoms. The first-order valence-corrected chi connectivity index (χ1v) is 10.4. The molecule has 0 spiro atoms. The van der Waals surface area contributed by atoms with Crippen molar-refractivity contribution in [3.63, 3.8) is 0 Å². The average Bonchev–Trinajstić information content (AvgIpc) is 2.73. The SMILES string of the molecule is CCOc1ccc(S(=O)(=O)Nc2c(F)cccc2F)cc1NC(=O)c1ccccc1. The Kier molecular flexibility index (Phi) is 6.31. The van der Waals surface area contributed by atoms with Crippen molar-refractivity contribution in [1.82, 2.24) is 0 Å². The van der Waals surface area contributed by atoms with E-state index in [1.807, 2.05) is 4.72 Å².